The van der Waals surface area contributed by atoms with Gasteiger partial charge in [0, 0.05) is 49.4 Å². The van der Waals surface area contributed by atoms with Gasteiger partial charge >= 0.3 is 0 Å². The second kappa shape index (κ2) is 16.2. The number of benzene rings is 9. The lowest BCUT2D eigenvalue weighted by Gasteiger charge is -2.16. The van der Waals surface area contributed by atoms with E-state index in [9.17, 15) is 0 Å². The molecule has 4 heterocycles. The molecule has 0 amide bonds. The highest BCUT2D eigenvalue weighted by Crippen LogP contribution is 2.43. The maximum atomic E-state index is 5.42. The molecule has 0 bridgehead atoms. The van der Waals surface area contributed by atoms with Gasteiger partial charge in [-0.2, -0.15) is 9.97 Å². The van der Waals surface area contributed by atoms with Crippen LogP contribution < -0.4 is 0 Å². The Morgan fingerprint density at radius 2 is 0.647 bits per heavy atom. The molecule has 8 nitrogen and oxygen atoms in total. The lowest BCUT2D eigenvalue weighted by molar-refractivity contribution is 0.953. The lowest BCUT2D eigenvalue weighted by atomic mass is 10.0. The first-order valence-corrected chi connectivity index (χ1v) is 22.6. The van der Waals surface area contributed by atoms with Gasteiger partial charge in [0.25, 0.3) is 0 Å². The number of para-hydroxylation sites is 3. The molecule has 0 saturated carbocycles. The summed E-state index contributed by atoms with van der Waals surface area (Å²) in [7, 11) is 0. The first kappa shape index (κ1) is 39.0. The summed E-state index contributed by atoms with van der Waals surface area (Å²) in [5, 5.41) is 4.36. The highest BCUT2D eigenvalue weighted by atomic mass is 15.2. The van der Waals surface area contributed by atoms with Crippen LogP contribution in [0.3, 0.4) is 0 Å². The van der Waals surface area contributed by atoms with Gasteiger partial charge in [0.2, 0.25) is 5.95 Å². The highest BCUT2D eigenvalue weighted by Gasteiger charge is 2.25. The summed E-state index contributed by atoms with van der Waals surface area (Å²) < 4.78 is 4.60. The average Bonchev–Trinajstić information content (AvgIpc) is 3.95. The van der Waals surface area contributed by atoms with Crippen molar-refractivity contribution in [2.45, 2.75) is 0 Å². The predicted octanol–water partition coefficient (Wildman–Crippen LogP) is 14.3. The van der Waals surface area contributed by atoms with Crippen molar-refractivity contribution < 1.29 is 0 Å². The Morgan fingerprint density at radius 1 is 0.250 bits per heavy atom. The van der Waals surface area contributed by atoms with Gasteiger partial charge in [0.1, 0.15) is 0 Å². The minimum absolute atomic E-state index is 0.514. The Bertz CT molecular complexity index is 3960. The lowest BCUT2D eigenvalue weighted by Crippen LogP contribution is -2.07. The van der Waals surface area contributed by atoms with Crippen LogP contribution in [-0.4, -0.2) is 39.0 Å². The topological polar surface area (TPSA) is 87.2 Å². The van der Waals surface area contributed by atoms with Crippen molar-refractivity contribution in [1.29, 1.82) is 0 Å². The summed E-state index contributed by atoms with van der Waals surface area (Å²) >= 11 is 0. The van der Waals surface area contributed by atoms with Gasteiger partial charge in [-0.3, -0.25) is 4.57 Å². The van der Waals surface area contributed by atoms with Crippen LogP contribution in [0.5, 0.6) is 0 Å². The smallest absolute Gasteiger partial charge is 0.238 e. The zero-order valence-electron chi connectivity index (χ0n) is 36.5. The average molecular weight is 871 g/mol. The van der Waals surface area contributed by atoms with Crippen LogP contribution in [0.25, 0.3) is 123 Å². The van der Waals surface area contributed by atoms with E-state index in [1.807, 2.05) is 84.9 Å². The molecule has 0 atom stereocenters. The van der Waals surface area contributed by atoms with Crippen molar-refractivity contribution in [1.82, 2.24) is 39.0 Å². The summed E-state index contributed by atoms with van der Waals surface area (Å²) in [4.78, 5) is 31.4. The van der Waals surface area contributed by atoms with Crippen LogP contribution in [0.1, 0.15) is 0 Å². The molecule has 0 N–H and O–H groups in total. The van der Waals surface area contributed by atoms with Gasteiger partial charge in [-0.1, -0.05) is 200 Å². The minimum atomic E-state index is 0.514. The first-order valence-electron chi connectivity index (χ1n) is 22.6. The molecule has 9 aromatic carbocycles. The van der Waals surface area contributed by atoms with Crippen LogP contribution in [-0.2, 0) is 0 Å². The number of rotatable bonds is 8. The second-order valence-corrected chi connectivity index (χ2v) is 16.7. The third-order valence-corrected chi connectivity index (χ3v) is 12.6. The molecule has 0 aliphatic heterocycles. The van der Waals surface area contributed by atoms with Gasteiger partial charge in [-0.15, -0.1) is 0 Å². The van der Waals surface area contributed by atoms with E-state index in [1.54, 1.807) is 0 Å². The second-order valence-electron chi connectivity index (χ2n) is 16.7. The van der Waals surface area contributed by atoms with Gasteiger partial charge in [-0.25, -0.2) is 19.9 Å². The Hall–Kier alpha value is -9.40. The van der Waals surface area contributed by atoms with Crippen molar-refractivity contribution in [3.8, 4) is 79.7 Å². The summed E-state index contributed by atoms with van der Waals surface area (Å²) in [6.45, 7) is 0. The Labute approximate surface area is 391 Å². The third-order valence-electron chi connectivity index (χ3n) is 12.6. The van der Waals surface area contributed by atoms with Crippen LogP contribution in [0.4, 0.5) is 0 Å². The van der Waals surface area contributed by atoms with Gasteiger partial charge < -0.3 is 4.57 Å². The SMILES string of the molecule is c1ccc(-c2cccc(-c3nc(-c4ccccc4)nc(-n4c5ccccc5c5ccc6c7ccccc7n(-c7ccccc7-c7nc(-c8ccccc8)nc(-c8ccccc8)n7)c6c54)n3)c2)cc1. The zero-order chi connectivity index (χ0) is 45.0. The molecule has 8 heteroatoms. The van der Waals surface area contributed by atoms with Gasteiger partial charge in [0.05, 0.1) is 27.8 Å². The Morgan fingerprint density at radius 3 is 1.22 bits per heavy atom. The Kier molecular flexibility index (Phi) is 9.31. The largest absolute Gasteiger partial charge is 0.306 e. The highest BCUT2D eigenvalue weighted by molar-refractivity contribution is 6.24. The third kappa shape index (κ3) is 6.62. The monoisotopic (exact) mass is 870 g/mol. The van der Waals surface area contributed by atoms with Crippen LogP contribution >= 0.6 is 0 Å². The normalized spacial score (nSPS) is 11.5. The number of fused-ring (bicyclic) bond motifs is 7. The standard InChI is InChI=1S/C60H38N8/c1-5-20-39(21-6-1)43-28-19-29-44(38-43)58-62-57(42-26-11-4-12-27-42)65-60(66-58)68-51-34-17-14-31-46(51)48-37-36-47-45-30-13-16-33-50(45)67(53(47)54(48)68)52-35-18-15-32-49(52)59-63-55(40-22-7-2-8-23-40)61-56(64-59)41-24-9-3-10-25-41/h1-38H. The molecule has 318 valence electrons. The maximum absolute atomic E-state index is 5.42. The summed E-state index contributed by atoms with van der Waals surface area (Å²) in [5.41, 5.74) is 11.6. The quantitative estimate of drug-likeness (QED) is 0.151. The summed E-state index contributed by atoms with van der Waals surface area (Å²) in [6.07, 6.45) is 0. The van der Waals surface area contributed by atoms with E-state index in [0.29, 0.717) is 35.1 Å². The van der Waals surface area contributed by atoms with Crippen LogP contribution in [0, 0.1) is 0 Å². The van der Waals surface area contributed by atoms with Gasteiger partial charge in [0.15, 0.2) is 29.1 Å². The van der Waals surface area contributed by atoms with Crippen LogP contribution in [0.15, 0.2) is 231 Å². The van der Waals surface area contributed by atoms with Crippen molar-refractivity contribution >= 4 is 43.6 Å². The Balaban J connectivity index is 1.11. The van der Waals surface area contributed by atoms with Crippen molar-refractivity contribution in [2.24, 2.45) is 0 Å². The van der Waals surface area contributed by atoms with E-state index < -0.39 is 0 Å². The first-order chi connectivity index (χ1) is 33.7. The van der Waals surface area contributed by atoms with E-state index in [0.717, 1.165) is 88.2 Å². The molecule has 4 aromatic heterocycles. The molecule has 0 aliphatic rings. The number of aromatic nitrogens is 8. The fraction of sp³-hybridized carbons (Fsp3) is 0. The molecule has 13 rings (SSSR count). The molecule has 68 heavy (non-hydrogen) atoms. The molecule has 0 spiro atoms. The molecule has 0 fully saturated rings. The fourth-order valence-corrected chi connectivity index (χ4v) is 9.52. The van der Waals surface area contributed by atoms with E-state index in [4.69, 9.17) is 29.9 Å². The molecule has 0 unspecified atom stereocenters. The fourth-order valence-electron chi connectivity index (χ4n) is 9.52. The molecule has 0 radical (unpaired) electrons. The molecule has 0 saturated heterocycles. The molecular weight excluding hydrogens is 833 g/mol. The van der Waals surface area contributed by atoms with E-state index >= 15 is 0 Å². The summed E-state index contributed by atoms with van der Waals surface area (Å²) in [5.74, 6) is 3.44. The molecular formula is C60H38N8. The van der Waals surface area contributed by atoms with E-state index in [-0.39, 0.29) is 0 Å². The van der Waals surface area contributed by atoms with Gasteiger partial charge in [-0.05, 0) is 41.5 Å². The predicted molar refractivity (Wildman–Crippen MR) is 275 cm³/mol. The zero-order valence-corrected chi connectivity index (χ0v) is 36.5. The van der Waals surface area contributed by atoms with Crippen molar-refractivity contribution in [3.05, 3.63) is 231 Å². The molecule has 0 aliphatic carbocycles. The maximum Gasteiger partial charge on any atom is 0.238 e. The van der Waals surface area contributed by atoms with Crippen molar-refractivity contribution in [3.63, 3.8) is 0 Å². The number of nitrogens with zero attached hydrogens (tertiary/aromatic N) is 8. The van der Waals surface area contributed by atoms with Crippen LogP contribution in [0.2, 0.25) is 0 Å². The van der Waals surface area contributed by atoms with Crippen molar-refractivity contribution in [2.75, 3.05) is 0 Å². The number of hydrogen-bond donors (Lipinski definition) is 0. The minimum Gasteiger partial charge on any atom is -0.306 e. The van der Waals surface area contributed by atoms with E-state index in [2.05, 4.69) is 155 Å². The van der Waals surface area contributed by atoms with E-state index in [1.165, 1.54) is 0 Å². The summed E-state index contributed by atoms with van der Waals surface area (Å²) in [6, 6.07) is 79.2. The molecule has 13 aromatic rings. The number of hydrogen-bond acceptors (Lipinski definition) is 6.